The van der Waals surface area contributed by atoms with Gasteiger partial charge in [0.25, 0.3) is 0 Å². The van der Waals surface area contributed by atoms with Crippen molar-refractivity contribution in [1.29, 1.82) is 0 Å². The molecular formula is C22H32N6. The van der Waals surface area contributed by atoms with Crippen LogP contribution in [0.15, 0.2) is 18.2 Å². The molecule has 3 fully saturated rings. The van der Waals surface area contributed by atoms with E-state index in [0.717, 1.165) is 51.4 Å². The molecule has 6 nitrogen and oxygen atoms in total. The first-order valence-electron chi connectivity index (χ1n) is 10.8. The van der Waals surface area contributed by atoms with E-state index in [-0.39, 0.29) is 0 Å². The Morgan fingerprint density at radius 2 is 1.75 bits per heavy atom. The van der Waals surface area contributed by atoms with Crippen LogP contribution in [0.4, 0.5) is 5.69 Å². The Morgan fingerprint density at radius 1 is 1.00 bits per heavy atom. The van der Waals surface area contributed by atoms with Gasteiger partial charge in [-0.15, -0.1) is 10.2 Å². The molecule has 2 aromatic rings. The van der Waals surface area contributed by atoms with E-state index in [9.17, 15) is 0 Å². The number of hydrogen-bond donors (Lipinski definition) is 1. The number of hydrogen-bond acceptors (Lipinski definition) is 5. The zero-order valence-electron chi connectivity index (χ0n) is 17.1. The highest BCUT2D eigenvalue weighted by atomic mass is 15.3. The molecule has 0 unspecified atom stereocenters. The highest BCUT2D eigenvalue weighted by molar-refractivity contribution is 5.51. The molecule has 2 saturated carbocycles. The SMILES string of the molecule is Cc1ccc(N2CCN(Cc3nnc(C4CC(N)C4)n3C3CC3)CC2)cc1C. The van der Waals surface area contributed by atoms with Crippen molar-refractivity contribution in [2.45, 2.75) is 64.1 Å². The molecule has 1 saturated heterocycles. The third-order valence-electron chi connectivity index (χ3n) is 6.84. The van der Waals surface area contributed by atoms with E-state index >= 15 is 0 Å². The van der Waals surface area contributed by atoms with Crippen LogP contribution in [0.3, 0.4) is 0 Å². The molecule has 2 N–H and O–H groups in total. The van der Waals surface area contributed by atoms with Crippen LogP contribution >= 0.6 is 0 Å². The summed E-state index contributed by atoms with van der Waals surface area (Å²) in [5.41, 5.74) is 10.1. The lowest BCUT2D eigenvalue weighted by Gasteiger charge is -2.36. The van der Waals surface area contributed by atoms with E-state index in [2.05, 4.69) is 56.6 Å². The first kappa shape index (κ1) is 18.1. The molecule has 0 atom stereocenters. The Hall–Kier alpha value is -1.92. The summed E-state index contributed by atoms with van der Waals surface area (Å²) in [7, 11) is 0. The van der Waals surface area contributed by atoms with Crippen molar-refractivity contribution in [3.05, 3.63) is 41.0 Å². The van der Waals surface area contributed by atoms with Crippen LogP contribution in [-0.4, -0.2) is 51.9 Å². The minimum atomic E-state index is 0.358. The average Bonchev–Trinajstić information content (AvgIpc) is 3.43. The largest absolute Gasteiger partial charge is 0.369 e. The Kier molecular flexibility index (Phi) is 4.63. The number of nitrogens with two attached hydrogens (primary N) is 1. The highest BCUT2D eigenvalue weighted by Gasteiger charge is 2.37. The van der Waals surface area contributed by atoms with Crippen LogP contribution in [-0.2, 0) is 6.54 Å². The van der Waals surface area contributed by atoms with E-state index in [1.54, 1.807) is 0 Å². The predicted octanol–water partition coefficient (Wildman–Crippen LogP) is 2.76. The van der Waals surface area contributed by atoms with Gasteiger partial charge < -0.3 is 15.2 Å². The summed E-state index contributed by atoms with van der Waals surface area (Å²) < 4.78 is 2.46. The van der Waals surface area contributed by atoms with Gasteiger partial charge >= 0.3 is 0 Å². The van der Waals surface area contributed by atoms with Gasteiger partial charge in [-0.05, 0) is 62.8 Å². The summed E-state index contributed by atoms with van der Waals surface area (Å²) in [6.07, 6.45) is 4.69. The van der Waals surface area contributed by atoms with Crippen LogP contribution in [0.25, 0.3) is 0 Å². The van der Waals surface area contributed by atoms with Gasteiger partial charge in [0.15, 0.2) is 0 Å². The molecule has 1 aromatic heterocycles. The number of aryl methyl sites for hydroxylation is 2. The summed E-state index contributed by atoms with van der Waals surface area (Å²) in [6.45, 7) is 9.60. The molecule has 3 aliphatic rings. The molecule has 0 amide bonds. The van der Waals surface area contributed by atoms with Crippen LogP contribution in [0.5, 0.6) is 0 Å². The van der Waals surface area contributed by atoms with Crippen molar-refractivity contribution >= 4 is 5.69 Å². The number of nitrogens with zero attached hydrogens (tertiary/aromatic N) is 5. The van der Waals surface area contributed by atoms with E-state index in [4.69, 9.17) is 5.73 Å². The summed E-state index contributed by atoms with van der Waals surface area (Å²) in [6, 6.07) is 7.81. The van der Waals surface area contributed by atoms with Crippen molar-refractivity contribution in [3.8, 4) is 0 Å². The van der Waals surface area contributed by atoms with Gasteiger partial charge in [-0.1, -0.05) is 6.07 Å². The minimum absolute atomic E-state index is 0.358. The fraction of sp³-hybridized carbons (Fsp3) is 0.636. The number of aromatic nitrogens is 3. The zero-order valence-corrected chi connectivity index (χ0v) is 17.1. The first-order valence-corrected chi connectivity index (χ1v) is 10.8. The van der Waals surface area contributed by atoms with Gasteiger partial charge in [-0.3, -0.25) is 4.90 Å². The Morgan fingerprint density at radius 3 is 2.39 bits per heavy atom. The second kappa shape index (κ2) is 7.16. The topological polar surface area (TPSA) is 63.2 Å². The fourth-order valence-electron chi connectivity index (χ4n) is 4.61. The van der Waals surface area contributed by atoms with Gasteiger partial charge in [0, 0.05) is 49.9 Å². The monoisotopic (exact) mass is 380 g/mol. The molecule has 2 heterocycles. The van der Waals surface area contributed by atoms with Crippen LogP contribution in [0.2, 0.25) is 0 Å². The van der Waals surface area contributed by atoms with Crippen LogP contribution in [0, 0.1) is 13.8 Å². The van der Waals surface area contributed by atoms with Crippen molar-refractivity contribution in [3.63, 3.8) is 0 Å². The predicted molar refractivity (Wildman–Crippen MR) is 112 cm³/mol. The molecule has 6 heteroatoms. The van der Waals surface area contributed by atoms with Gasteiger partial charge in [0.1, 0.15) is 11.6 Å². The maximum Gasteiger partial charge on any atom is 0.147 e. The number of benzene rings is 1. The van der Waals surface area contributed by atoms with Gasteiger partial charge in [0.05, 0.1) is 6.54 Å². The summed E-state index contributed by atoms with van der Waals surface area (Å²) in [5, 5.41) is 9.21. The van der Waals surface area contributed by atoms with E-state index in [1.807, 2.05) is 0 Å². The standard InChI is InChI=1S/C22H32N6/c1-15-3-4-20(11-16(15)2)27-9-7-26(8-10-27)14-21-24-25-22(17-12-18(23)13-17)28(21)19-5-6-19/h3-4,11,17-19H,5-10,12-14,23H2,1-2H3. The molecule has 1 aromatic carbocycles. The van der Waals surface area contributed by atoms with Crippen molar-refractivity contribution in [2.24, 2.45) is 5.73 Å². The maximum atomic E-state index is 6.01. The molecule has 0 spiro atoms. The molecule has 5 rings (SSSR count). The number of anilines is 1. The lowest BCUT2D eigenvalue weighted by atomic mass is 9.80. The summed E-state index contributed by atoms with van der Waals surface area (Å²) in [5.74, 6) is 2.89. The third kappa shape index (κ3) is 3.44. The molecule has 0 bridgehead atoms. The smallest absolute Gasteiger partial charge is 0.147 e. The molecule has 2 aliphatic carbocycles. The second-order valence-electron chi connectivity index (χ2n) is 9.04. The van der Waals surface area contributed by atoms with Gasteiger partial charge in [-0.2, -0.15) is 0 Å². The molecule has 150 valence electrons. The molecule has 28 heavy (non-hydrogen) atoms. The number of rotatable bonds is 5. The van der Waals surface area contributed by atoms with Crippen molar-refractivity contribution in [1.82, 2.24) is 19.7 Å². The third-order valence-corrected chi connectivity index (χ3v) is 6.84. The van der Waals surface area contributed by atoms with Crippen LogP contribution < -0.4 is 10.6 Å². The van der Waals surface area contributed by atoms with E-state index in [0.29, 0.717) is 18.0 Å². The lowest BCUT2D eigenvalue weighted by molar-refractivity contribution is 0.239. The average molecular weight is 381 g/mol. The zero-order chi connectivity index (χ0) is 19.3. The first-order chi connectivity index (χ1) is 13.6. The minimum Gasteiger partial charge on any atom is -0.369 e. The van der Waals surface area contributed by atoms with Crippen molar-refractivity contribution < 1.29 is 0 Å². The Bertz CT molecular complexity index is 841. The fourth-order valence-corrected chi connectivity index (χ4v) is 4.61. The molecule has 1 aliphatic heterocycles. The second-order valence-corrected chi connectivity index (χ2v) is 9.04. The van der Waals surface area contributed by atoms with Crippen LogP contribution in [0.1, 0.15) is 60.4 Å². The van der Waals surface area contributed by atoms with Gasteiger partial charge in [-0.25, -0.2) is 0 Å². The van der Waals surface area contributed by atoms with E-state index < -0.39 is 0 Å². The normalized spacial score (nSPS) is 25.8. The summed E-state index contributed by atoms with van der Waals surface area (Å²) >= 11 is 0. The van der Waals surface area contributed by atoms with Crippen molar-refractivity contribution in [2.75, 3.05) is 31.1 Å². The number of piperazine rings is 1. The Labute approximate surface area is 167 Å². The van der Waals surface area contributed by atoms with E-state index in [1.165, 1.54) is 35.5 Å². The lowest BCUT2D eigenvalue weighted by Crippen LogP contribution is -2.46. The molecule has 0 radical (unpaired) electrons. The maximum absolute atomic E-state index is 6.01. The quantitative estimate of drug-likeness (QED) is 0.864. The van der Waals surface area contributed by atoms with Gasteiger partial charge in [0.2, 0.25) is 0 Å². The molecular weight excluding hydrogens is 348 g/mol. The summed E-state index contributed by atoms with van der Waals surface area (Å²) in [4.78, 5) is 5.05. The Balaban J connectivity index is 1.24. The highest BCUT2D eigenvalue weighted by Crippen LogP contribution is 2.42.